The second-order valence-corrected chi connectivity index (χ2v) is 8.89. The molecule has 0 saturated carbocycles. The highest BCUT2D eigenvalue weighted by Crippen LogP contribution is 2.41. The van der Waals surface area contributed by atoms with Gasteiger partial charge in [0.25, 0.3) is 5.56 Å². The standard InChI is InChI=1S/C27H27N5O/c1-5-18-10-25-23(9-17(2)27(33)31(25)4)26(11-18)32-8-6-7-19-12-22(20(14-28)13-24(19)32)21-15-29-30(3)16-21/h9-13,15-16H,5-8H2,1-4H3. The Morgan fingerprint density at radius 1 is 1.12 bits per heavy atom. The molecule has 6 heteroatoms. The first kappa shape index (κ1) is 21.0. The van der Waals surface area contributed by atoms with Crippen LogP contribution < -0.4 is 10.5 Å². The van der Waals surface area contributed by atoms with E-state index in [0.29, 0.717) is 5.56 Å². The van der Waals surface area contributed by atoms with Gasteiger partial charge in [0.05, 0.1) is 29.0 Å². The van der Waals surface area contributed by atoms with Crippen LogP contribution in [0.25, 0.3) is 22.0 Å². The van der Waals surface area contributed by atoms with E-state index in [1.807, 2.05) is 45.5 Å². The fourth-order valence-corrected chi connectivity index (χ4v) is 4.96. The highest BCUT2D eigenvalue weighted by atomic mass is 16.1. The monoisotopic (exact) mass is 437 g/mol. The molecule has 33 heavy (non-hydrogen) atoms. The van der Waals surface area contributed by atoms with Gasteiger partial charge in [0.1, 0.15) is 0 Å². The molecule has 0 N–H and O–H groups in total. The Labute approximate surface area is 193 Å². The van der Waals surface area contributed by atoms with Crippen LogP contribution in [0.2, 0.25) is 0 Å². The molecule has 166 valence electrons. The van der Waals surface area contributed by atoms with E-state index in [1.165, 1.54) is 11.1 Å². The normalized spacial score (nSPS) is 13.2. The van der Waals surface area contributed by atoms with Gasteiger partial charge in [-0.3, -0.25) is 9.48 Å². The van der Waals surface area contributed by atoms with E-state index in [0.717, 1.165) is 64.8 Å². The Balaban J connectivity index is 1.75. The van der Waals surface area contributed by atoms with E-state index in [9.17, 15) is 10.1 Å². The zero-order valence-electron chi connectivity index (χ0n) is 19.5. The van der Waals surface area contributed by atoms with Crippen LogP contribution in [-0.2, 0) is 26.9 Å². The lowest BCUT2D eigenvalue weighted by molar-refractivity contribution is 0.767. The van der Waals surface area contributed by atoms with Gasteiger partial charge >= 0.3 is 0 Å². The van der Waals surface area contributed by atoms with Crippen LogP contribution in [0.1, 0.15) is 35.6 Å². The molecule has 6 nitrogen and oxygen atoms in total. The number of fused-ring (bicyclic) bond motifs is 2. The van der Waals surface area contributed by atoms with Crippen LogP contribution in [0.5, 0.6) is 0 Å². The van der Waals surface area contributed by atoms with Crippen molar-refractivity contribution >= 4 is 22.3 Å². The van der Waals surface area contributed by atoms with Gasteiger partial charge in [-0.05, 0) is 67.6 Å². The van der Waals surface area contributed by atoms with Crippen LogP contribution in [0, 0.1) is 18.3 Å². The Kier molecular flexibility index (Phi) is 5.05. The zero-order valence-corrected chi connectivity index (χ0v) is 19.5. The lowest BCUT2D eigenvalue weighted by Gasteiger charge is -2.33. The molecule has 5 rings (SSSR count). The molecule has 2 aromatic carbocycles. The van der Waals surface area contributed by atoms with Crippen molar-refractivity contribution in [1.82, 2.24) is 14.3 Å². The smallest absolute Gasteiger partial charge is 0.253 e. The Morgan fingerprint density at radius 2 is 1.94 bits per heavy atom. The third-order valence-corrected chi connectivity index (χ3v) is 6.73. The predicted molar refractivity (Wildman–Crippen MR) is 132 cm³/mol. The minimum atomic E-state index is 0.0358. The van der Waals surface area contributed by atoms with Gasteiger partial charge in [-0.1, -0.05) is 6.92 Å². The minimum absolute atomic E-state index is 0.0358. The first-order chi connectivity index (χ1) is 15.9. The number of nitrogens with zero attached hydrogens (tertiary/aromatic N) is 5. The number of hydrogen-bond acceptors (Lipinski definition) is 4. The summed E-state index contributed by atoms with van der Waals surface area (Å²) in [4.78, 5) is 15.0. The fraction of sp³-hybridized carbons (Fsp3) is 0.296. The maximum absolute atomic E-state index is 12.6. The quantitative estimate of drug-likeness (QED) is 0.463. The number of pyridine rings is 1. The second-order valence-electron chi connectivity index (χ2n) is 8.89. The fourth-order valence-electron chi connectivity index (χ4n) is 4.96. The average Bonchev–Trinajstić information content (AvgIpc) is 3.27. The molecule has 0 aliphatic carbocycles. The summed E-state index contributed by atoms with van der Waals surface area (Å²) in [6, 6.07) is 13.0. The molecule has 0 fully saturated rings. The number of aromatic nitrogens is 3. The molecule has 0 bridgehead atoms. The zero-order chi connectivity index (χ0) is 23.3. The van der Waals surface area contributed by atoms with Crippen LogP contribution in [-0.4, -0.2) is 20.9 Å². The van der Waals surface area contributed by atoms with Gasteiger partial charge in [-0.2, -0.15) is 10.4 Å². The first-order valence-electron chi connectivity index (χ1n) is 11.4. The molecule has 4 aromatic rings. The summed E-state index contributed by atoms with van der Waals surface area (Å²) in [5.41, 5.74) is 8.84. The molecule has 0 spiro atoms. The highest BCUT2D eigenvalue weighted by Gasteiger charge is 2.24. The van der Waals surface area contributed by atoms with Crippen molar-refractivity contribution in [1.29, 1.82) is 5.26 Å². The van der Waals surface area contributed by atoms with E-state index in [2.05, 4.69) is 41.2 Å². The summed E-state index contributed by atoms with van der Waals surface area (Å²) in [6.45, 7) is 4.88. The molecule has 1 aliphatic heterocycles. The van der Waals surface area contributed by atoms with E-state index in [1.54, 1.807) is 9.25 Å². The highest BCUT2D eigenvalue weighted by molar-refractivity contribution is 5.96. The largest absolute Gasteiger partial charge is 0.341 e. The Hall–Kier alpha value is -3.85. The van der Waals surface area contributed by atoms with Crippen molar-refractivity contribution in [3.63, 3.8) is 0 Å². The van der Waals surface area contributed by atoms with Crippen molar-refractivity contribution in [2.45, 2.75) is 33.1 Å². The Bertz CT molecular complexity index is 1500. The summed E-state index contributed by atoms with van der Waals surface area (Å²) < 4.78 is 3.52. The number of hydrogen-bond donors (Lipinski definition) is 0. The molecule has 0 radical (unpaired) electrons. The summed E-state index contributed by atoms with van der Waals surface area (Å²) in [6.07, 6.45) is 6.63. The molecule has 0 amide bonds. The molecular formula is C27H27N5O. The van der Waals surface area contributed by atoms with Crippen LogP contribution in [0.3, 0.4) is 0 Å². The van der Waals surface area contributed by atoms with Gasteiger partial charge < -0.3 is 9.47 Å². The van der Waals surface area contributed by atoms with E-state index >= 15 is 0 Å². The van der Waals surface area contributed by atoms with Crippen LogP contribution in [0.15, 0.2) is 47.5 Å². The average molecular weight is 438 g/mol. The summed E-state index contributed by atoms with van der Waals surface area (Å²) >= 11 is 0. The molecule has 3 heterocycles. The second kappa shape index (κ2) is 7.93. The van der Waals surface area contributed by atoms with Crippen molar-refractivity contribution < 1.29 is 0 Å². The number of aryl methyl sites for hydroxylation is 5. The lowest BCUT2D eigenvalue weighted by Crippen LogP contribution is -2.26. The van der Waals surface area contributed by atoms with E-state index < -0.39 is 0 Å². The van der Waals surface area contributed by atoms with Gasteiger partial charge in [-0.15, -0.1) is 0 Å². The summed E-state index contributed by atoms with van der Waals surface area (Å²) in [5, 5.41) is 15.3. The lowest BCUT2D eigenvalue weighted by atomic mass is 9.92. The molecule has 0 saturated heterocycles. The number of nitriles is 1. The first-order valence-corrected chi connectivity index (χ1v) is 11.4. The van der Waals surface area contributed by atoms with Crippen molar-refractivity contribution in [3.8, 4) is 17.2 Å². The maximum atomic E-state index is 12.6. The maximum Gasteiger partial charge on any atom is 0.253 e. The number of rotatable bonds is 3. The number of benzene rings is 2. The van der Waals surface area contributed by atoms with E-state index in [4.69, 9.17) is 0 Å². The summed E-state index contributed by atoms with van der Waals surface area (Å²) in [7, 11) is 3.73. The Morgan fingerprint density at radius 3 is 2.64 bits per heavy atom. The molecule has 0 atom stereocenters. The van der Waals surface area contributed by atoms with Crippen molar-refractivity contribution in [2.75, 3.05) is 11.4 Å². The van der Waals surface area contributed by atoms with Crippen LogP contribution >= 0.6 is 0 Å². The van der Waals surface area contributed by atoms with Gasteiger partial charge in [0, 0.05) is 54.6 Å². The molecule has 0 unspecified atom stereocenters. The number of anilines is 2. The molecule has 1 aliphatic rings. The predicted octanol–water partition coefficient (Wildman–Crippen LogP) is 4.77. The SMILES string of the molecule is CCc1cc(N2CCCc3cc(-c4cnn(C)c4)c(C#N)cc32)c2cc(C)c(=O)n(C)c2c1. The van der Waals surface area contributed by atoms with Crippen molar-refractivity contribution in [3.05, 3.63) is 75.3 Å². The minimum Gasteiger partial charge on any atom is -0.341 e. The van der Waals surface area contributed by atoms with E-state index in [-0.39, 0.29) is 5.56 Å². The van der Waals surface area contributed by atoms with Gasteiger partial charge in [-0.25, -0.2) is 0 Å². The van der Waals surface area contributed by atoms with Gasteiger partial charge in [0.15, 0.2) is 0 Å². The van der Waals surface area contributed by atoms with Gasteiger partial charge in [0.2, 0.25) is 0 Å². The third-order valence-electron chi connectivity index (χ3n) is 6.73. The molecule has 2 aromatic heterocycles. The third kappa shape index (κ3) is 3.41. The van der Waals surface area contributed by atoms with Crippen molar-refractivity contribution in [2.24, 2.45) is 14.1 Å². The molecular weight excluding hydrogens is 410 g/mol. The topological polar surface area (TPSA) is 66.8 Å². The van der Waals surface area contributed by atoms with Crippen LogP contribution in [0.4, 0.5) is 11.4 Å². The summed E-state index contributed by atoms with van der Waals surface area (Å²) in [5.74, 6) is 0.